The van der Waals surface area contributed by atoms with E-state index in [2.05, 4.69) is 52.8 Å². The first-order chi connectivity index (χ1) is 13.3. The van der Waals surface area contributed by atoms with Crippen LogP contribution in [0.2, 0.25) is 0 Å². The van der Waals surface area contributed by atoms with Crippen molar-refractivity contribution in [1.82, 2.24) is 0 Å². The van der Waals surface area contributed by atoms with Gasteiger partial charge in [0.2, 0.25) is 0 Å². The van der Waals surface area contributed by atoms with Gasteiger partial charge in [-0.15, -0.1) is 0 Å². The number of allylic oxidation sites excluding steroid dienone is 5. The van der Waals surface area contributed by atoms with Crippen LogP contribution in [0.1, 0.15) is 98.8 Å². The van der Waals surface area contributed by atoms with Crippen molar-refractivity contribution in [2.75, 3.05) is 0 Å². The molecule has 1 nitrogen and oxygen atoms in total. The second-order valence-corrected chi connectivity index (χ2v) is 10.8. The average Bonchev–Trinajstić information content (AvgIpc) is 2.99. The van der Waals surface area contributed by atoms with Crippen molar-refractivity contribution >= 4 is 0 Å². The monoisotopic (exact) mass is 384 g/mol. The summed E-state index contributed by atoms with van der Waals surface area (Å²) in [4.78, 5) is 0. The third-order valence-electron chi connectivity index (χ3n) is 8.34. The quantitative estimate of drug-likeness (QED) is 0.478. The van der Waals surface area contributed by atoms with Crippen molar-refractivity contribution < 1.29 is 5.11 Å². The van der Waals surface area contributed by atoms with Crippen LogP contribution in [0, 0.1) is 29.1 Å². The molecular formula is C27H44O. The lowest BCUT2D eigenvalue weighted by atomic mass is 9.62. The third-order valence-corrected chi connectivity index (χ3v) is 8.34. The first kappa shape index (κ1) is 21.9. The summed E-state index contributed by atoms with van der Waals surface area (Å²) in [5.41, 5.74) is 4.93. The van der Waals surface area contributed by atoms with Crippen molar-refractivity contribution in [2.24, 2.45) is 29.1 Å². The number of hydrogen-bond acceptors (Lipinski definition) is 1. The van der Waals surface area contributed by atoms with Crippen LogP contribution in [-0.4, -0.2) is 11.2 Å². The van der Waals surface area contributed by atoms with Crippen LogP contribution >= 0.6 is 0 Å². The van der Waals surface area contributed by atoms with Gasteiger partial charge in [0.05, 0.1) is 6.10 Å². The summed E-state index contributed by atoms with van der Waals surface area (Å²) in [6.07, 6.45) is 19.5. The molecule has 0 radical (unpaired) electrons. The molecule has 1 heteroatoms. The molecule has 0 aliphatic heterocycles. The van der Waals surface area contributed by atoms with Gasteiger partial charge in [0.15, 0.2) is 0 Å². The summed E-state index contributed by atoms with van der Waals surface area (Å²) in [5, 5.41) is 10.0. The Hall–Kier alpha value is -0.820. The highest BCUT2D eigenvalue weighted by Gasteiger charge is 2.49. The fourth-order valence-corrected chi connectivity index (χ4v) is 6.51. The van der Waals surface area contributed by atoms with E-state index >= 15 is 0 Å². The molecular weight excluding hydrogens is 340 g/mol. The molecule has 1 fully saturated rings. The van der Waals surface area contributed by atoms with Crippen molar-refractivity contribution in [3.63, 3.8) is 0 Å². The molecule has 0 aromatic heterocycles. The molecule has 3 rings (SSSR count). The molecule has 0 saturated heterocycles. The van der Waals surface area contributed by atoms with Crippen LogP contribution in [0.15, 0.2) is 34.9 Å². The number of rotatable bonds is 7. The van der Waals surface area contributed by atoms with Gasteiger partial charge in [0.25, 0.3) is 0 Å². The lowest BCUT2D eigenvalue weighted by Crippen LogP contribution is -2.35. The van der Waals surface area contributed by atoms with Gasteiger partial charge < -0.3 is 5.11 Å². The molecule has 28 heavy (non-hydrogen) atoms. The van der Waals surface area contributed by atoms with Crippen LogP contribution < -0.4 is 0 Å². The zero-order valence-corrected chi connectivity index (χ0v) is 19.1. The molecule has 0 aromatic carbocycles. The van der Waals surface area contributed by atoms with E-state index in [9.17, 15) is 5.11 Å². The zero-order valence-electron chi connectivity index (χ0n) is 19.1. The minimum absolute atomic E-state index is 0.142. The minimum Gasteiger partial charge on any atom is -0.393 e. The number of hydrogen-bond donors (Lipinski definition) is 1. The van der Waals surface area contributed by atoms with Gasteiger partial charge in [-0.1, -0.05) is 70.8 Å². The minimum atomic E-state index is -0.142. The number of aliphatic hydroxyl groups is 1. The lowest BCUT2D eigenvalue weighted by Gasteiger charge is -2.43. The molecule has 3 aliphatic carbocycles. The van der Waals surface area contributed by atoms with Crippen molar-refractivity contribution in [3.05, 3.63) is 34.9 Å². The molecule has 1 saturated carbocycles. The molecule has 1 N–H and O–H groups in total. The SMILES string of the molecule is CC1=C(C=CC2=CCC[C@]3(C)[C@@H]([C@H](C)CCCC(C)C)CC[C@@H]23)C[C@@H](O)CC1. The first-order valence-corrected chi connectivity index (χ1v) is 12.1. The van der Waals surface area contributed by atoms with E-state index in [-0.39, 0.29) is 6.10 Å². The average molecular weight is 385 g/mol. The maximum absolute atomic E-state index is 10.0. The summed E-state index contributed by atoms with van der Waals surface area (Å²) in [6, 6.07) is 0. The summed E-state index contributed by atoms with van der Waals surface area (Å²) in [6.45, 7) is 12.1. The lowest BCUT2D eigenvalue weighted by molar-refractivity contribution is 0.107. The predicted octanol–water partition coefficient (Wildman–Crippen LogP) is 7.62. The smallest absolute Gasteiger partial charge is 0.0583 e. The van der Waals surface area contributed by atoms with Gasteiger partial charge in [-0.3, -0.25) is 0 Å². The van der Waals surface area contributed by atoms with Gasteiger partial charge in [0.1, 0.15) is 0 Å². The first-order valence-electron chi connectivity index (χ1n) is 12.1. The van der Waals surface area contributed by atoms with Gasteiger partial charge in [-0.25, -0.2) is 0 Å². The van der Waals surface area contributed by atoms with E-state index in [0.29, 0.717) is 5.41 Å². The fourth-order valence-electron chi connectivity index (χ4n) is 6.51. The van der Waals surface area contributed by atoms with E-state index in [0.717, 1.165) is 42.9 Å². The molecule has 158 valence electrons. The summed E-state index contributed by atoms with van der Waals surface area (Å²) in [5.74, 6) is 3.32. The van der Waals surface area contributed by atoms with E-state index in [4.69, 9.17) is 0 Å². The maximum atomic E-state index is 10.0. The van der Waals surface area contributed by atoms with Crippen LogP contribution in [0.4, 0.5) is 0 Å². The van der Waals surface area contributed by atoms with Crippen molar-refractivity contribution in [3.8, 4) is 0 Å². The van der Waals surface area contributed by atoms with E-state index < -0.39 is 0 Å². The fraction of sp³-hybridized carbons (Fsp3) is 0.778. The number of aliphatic hydroxyl groups excluding tert-OH is 1. The largest absolute Gasteiger partial charge is 0.393 e. The summed E-state index contributed by atoms with van der Waals surface area (Å²) >= 11 is 0. The number of fused-ring (bicyclic) bond motifs is 1. The molecule has 0 aromatic rings. The Morgan fingerprint density at radius 2 is 1.93 bits per heavy atom. The zero-order chi connectivity index (χ0) is 20.3. The van der Waals surface area contributed by atoms with Crippen molar-refractivity contribution in [1.29, 1.82) is 0 Å². The van der Waals surface area contributed by atoms with Gasteiger partial charge >= 0.3 is 0 Å². The van der Waals surface area contributed by atoms with Gasteiger partial charge in [-0.2, -0.15) is 0 Å². The van der Waals surface area contributed by atoms with E-state index in [1.165, 1.54) is 56.1 Å². The second kappa shape index (κ2) is 9.33. The molecule has 3 aliphatic rings. The Morgan fingerprint density at radius 3 is 2.68 bits per heavy atom. The standard InChI is InChI=1S/C27H44O/c1-19(2)8-6-9-21(4)25-15-16-26-22(10-7-17-27(25,26)5)12-13-23-18-24(28)14-11-20(23)3/h10,12-13,19,21,24-26,28H,6-9,11,14-18H2,1-5H3/t21-,24+,25-,26+,27-/m1/s1. The molecule has 5 atom stereocenters. The Morgan fingerprint density at radius 1 is 1.14 bits per heavy atom. The highest BCUT2D eigenvalue weighted by atomic mass is 16.3. The Kier molecular flexibility index (Phi) is 7.29. The Balaban J connectivity index is 1.67. The van der Waals surface area contributed by atoms with Crippen LogP contribution in [0.25, 0.3) is 0 Å². The van der Waals surface area contributed by atoms with Crippen LogP contribution in [0.5, 0.6) is 0 Å². The summed E-state index contributed by atoms with van der Waals surface area (Å²) < 4.78 is 0. The third kappa shape index (κ3) is 4.84. The topological polar surface area (TPSA) is 20.2 Å². The molecule has 0 unspecified atom stereocenters. The second-order valence-electron chi connectivity index (χ2n) is 10.8. The molecule has 0 heterocycles. The normalized spacial score (nSPS) is 34.8. The summed E-state index contributed by atoms with van der Waals surface area (Å²) in [7, 11) is 0. The van der Waals surface area contributed by atoms with Crippen LogP contribution in [0.3, 0.4) is 0 Å². The highest BCUT2D eigenvalue weighted by Crippen LogP contribution is 2.58. The van der Waals surface area contributed by atoms with Gasteiger partial charge in [-0.05, 0) is 92.1 Å². The molecule has 0 amide bonds. The highest BCUT2D eigenvalue weighted by molar-refractivity contribution is 5.36. The van der Waals surface area contributed by atoms with Crippen molar-refractivity contribution in [2.45, 2.75) is 105 Å². The van der Waals surface area contributed by atoms with E-state index in [1.807, 2.05) is 0 Å². The molecule has 0 spiro atoms. The molecule has 0 bridgehead atoms. The Labute approximate surface area is 174 Å². The van der Waals surface area contributed by atoms with Gasteiger partial charge in [0, 0.05) is 0 Å². The van der Waals surface area contributed by atoms with Crippen LogP contribution in [-0.2, 0) is 0 Å². The van der Waals surface area contributed by atoms with E-state index in [1.54, 1.807) is 5.57 Å². The predicted molar refractivity (Wildman–Crippen MR) is 121 cm³/mol. The Bertz CT molecular complexity index is 622. The maximum Gasteiger partial charge on any atom is 0.0583 e.